The van der Waals surface area contributed by atoms with Gasteiger partial charge >= 0.3 is 5.97 Å². The van der Waals surface area contributed by atoms with E-state index in [-0.39, 0.29) is 17.1 Å². The Labute approximate surface area is 173 Å². The number of hydrogen-bond donors (Lipinski definition) is 1. The molecule has 1 unspecified atom stereocenters. The van der Waals surface area contributed by atoms with E-state index in [9.17, 15) is 14.7 Å². The van der Waals surface area contributed by atoms with Crippen molar-refractivity contribution in [3.63, 3.8) is 0 Å². The Hall–Kier alpha value is -2.82. The number of ether oxygens (including phenoxy) is 1. The monoisotopic (exact) mass is 397 g/mol. The van der Waals surface area contributed by atoms with E-state index in [4.69, 9.17) is 4.74 Å². The highest BCUT2D eigenvalue weighted by Gasteiger charge is 2.39. The van der Waals surface area contributed by atoms with Gasteiger partial charge in [0.25, 0.3) is 0 Å². The van der Waals surface area contributed by atoms with Crippen LogP contribution in [-0.4, -0.2) is 35.5 Å². The van der Waals surface area contributed by atoms with Crippen molar-refractivity contribution in [2.45, 2.75) is 52.6 Å². The molecule has 0 saturated carbocycles. The molecule has 2 aromatic rings. The lowest BCUT2D eigenvalue weighted by Crippen LogP contribution is -2.40. The summed E-state index contributed by atoms with van der Waals surface area (Å²) in [6.45, 7) is 9.30. The summed E-state index contributed by atoms with van der Waals surface area (Å²) in [6.07, 6.45) is 1.97. The fourth-order valence-electron chi connectivity index (χ4n) is 3.35. The molecule has 29 heavy (non-hydrogen) atoms. The van der Waals surface area contributed by atoms with Gasteiger partial charge in [0.2, 0.25) is 5.78 Å². The lowest BCUT2D eigenvalue weighted by Gasteiger charge is -2.29. The Bertz CT molecular complexity index is 830. The predicted molar refractivity (Wildman–Crippen MR) is 116 cm³/mol. The number of phenolic OH excluding ortho intramolecular Hbond substituents is 1. The van der Waals surface area contributed by atoms with E-state index < -0.39 is 11.6 Å². The van der Waals surface area contributed by atoms with Gasteiger partial charge in [-0.2, -0.15) is 0 Å². The van der Waals surface area contributed by atoms with Gasteiger partial charge in [-0.15, -0.1) is 0 Å². The molecule has 0 fully saturated rings. The molecule has 0 saturated heterocycles. The van der Waals surface area contributed by atoms with E-state index in [1.165, 1.54) is 0 Å². The molecule has 0 bridgehead atoms. The minimum absolute atomic E-state index is 0.0992. The highest BCUT2D eigenvalue weighted by Crippen LogP contribution is 2.32. The predicted octanol–water partition coefficient (Wildman–Crippen LogP) is 5.23. The quantitative estimate of drug-likeness (QED) is 0.439. The van der Waals surface area contributed by atoms with Crippen molar-refractivity contribution in [1.82, 2.24) is 0 Å². The number of esters is 1. The number of phenols is 1. The Kier molecular flexibility index (Phi) is 7.82. The summed E-state index contributed by atoms with van der Waals surface area (Å²) < 4.78 is 5.71. The third-order valence-corrected chi connectivity index (χ3v) is 5.17. The van der Waals surface area contributed by atoms with Crippen LogP contribution < -0.4 is 4.90 Å². The molecule has 156 valence electrons. The minimum atomic E-state index is -1.35. The maximum atomic E-state index is 13.3. The maximum absolute atomic E-state index is 13.3. The SMILES string of the molecule is CCCCC(C)(OC(=O)c1ccccc1)C(=O)c1ccc(N(CC)CC)cc1O. The van der Waals surface area contributed by atoms with Crippen molar-refractivity contribution in [2.24, 2.45) is 0 Å². The number of benzene rings is 2. The zero-order valence-electron chi connectivity index (χ0n) is 17.8. The summed E-state index contributed by atoms with van der Waals surface area (Å²) in [7, 11) is 0. The Morgan fingerprint density at radius 3 is 2.24 bits per heavy atom. The van der Waals surface area contributed by atoms with E-state index in [0.29, 0.717) is 12.0 Å². The van der Waals surface area contributed by atoms with Crippen LogP contribution in [0, 0.1) is 0 Å². The largest absolute Gasteiger partial charge is 0.507 e. The van der Waals surface area contributed by atoms with E-state index in [1.54, 1.807) is 43.3 Å². The molecule has 1 atom stereocenters. The number of unbranched alkanes of at least 4 members (excludes halogenated alkanes) is 1. The molecule has 0 aromatic heterocycles. The molecule has 0 aliphatic rings. The van der Waals surface area contributed by atoms with Crippen LogP contribution in [0.2, 0.25) is 0 Å². The molecule has 0 spiro atoms. The smallest absolute Gasteiger partial charge is 0.339 e. The van der Waals surface area contributed by atoms with Gasteiger partial charge in [-0.1, -0.05) is 31.5 Å². The highest BCUT2D eigenvalue weighted by atomic mass is 16.6. The first kappa shape index (κ1) is 22.5. The van der Waals surface area contributed by atoms with Gasteiger partial charge in [0.05, 0.1) is 11.1 Å². The molecule has 0 aliphatic carbocycles. The first-order valence-corrected chi connectivity index (χ1v) is 10.3. The van der Waals surface area contributed by atoms with Crippen molar-refractivity contribution in [3.8, 4) is 5.75 Å². The van der Waals surface area contributed by atoms with Gasteiger partial charge in [-0.05, 0) is 57.9 Å². The summed E-state index contributed by atoms with van der Waals surface area (Å²) >= 11 is 0. The van der Waals surface area contributed by atoms with Crippen LogP contribution >= 0.6 is 0 Å². The molecule has 0 aliphatic heterocycles. The zero-order chi connectivity index (χ0) is 21.4. The molecule has 2 aromatic carbocycles. The number of hydrogen-bond acceptors (Lipinski definition) is 5. The average molecular weight is 398 g/mol. The number of aromatic hydroxyl groups is 1. The van der Waals surface area contributed by atoms with Crippen LogP contribution in [0.1, 0.15) is 67.7 Å². The van der Waals surface area contributed by atoms with Crippen molar-refractivity contribution >= 4 is 17.4 Å². The molecule has 2 rings (SSSR count). The second kappa shape index (κ2) is 10.1. The van der Waals surface area contributed by atoms with Gasteiger partial charge < -0.3 is 14.7 Å². The molecule has 1 N–H and O–H groups in total. The molecular weight excluding hydrogens is 366 g/mol. The third kappa shape index (κ3) is 5.37. The number of carbonyl (C=O) groups excluding carboxylic acids is 2. The topological polar surface area (TPSA) is 66.8 Å². The van der Waals surface area contributed by atoms with Crippen LogP contribution in [0.3, 0.4) is 0 Å². The van der Waals surface area contributed by atoms with Crippen LogP contribution in [0.15, 0.2) is 48.5 Å². The standard InChI is InChI=1S/C24H31NO4/c1-5-8-16-24(4,29-23(28)18-12-10-9-11-13-18)22(27)20-15-14-19(17-21(20)26)25(6-2)7-3/h9-15,17,26H,5-8,16H2,1-4H3. The number of carbonyl (C=O) groups is 2. The van der Waals surface area contributed by atoms with Crippen molar-refractivity contribution < 1.29 is 19.4 Å². The molecule has 0 amide bonds. The summed E-state index contributed by atoms with van der Waals surface area (Å²) in [4.78, 5) is 28.0. The Morgan fingerprint density at radius 1 is 1.03 bits per heavy atom. The Balaban J connectivity index is 2.33. The lowest BCUT2D eigenvalue weighted by molar-refractivity contribution is -0.00660. The summed E-state index contributed by atoms with van der Waals surface area (Å²) in [5, 5.41) is 10.6. The van der Waals surface area contributed by atoms with Crippen molar-refractivity contribution in [1.29, 1.82) is 0 Å². The minimum Gasteiger partial charge on any atom is -0.507 e. The molecule has 5 nitrogen and oxygen atoms in total. The molecule has 5 heteroatoms. The second-order valence-electron chi connectivity index (χ2n) is 7.29. The van der Waals surface area contributed by atoms with E-state index in [0.717, 1.165) is 31.6 Å². The highest BCUT2D eigenvalue weighted by molar-refractivity contribution is 6.06. The number of Topliss-reactive ketones (excluding diaryl/α,β-unsaturated/α-hetero) is 1. The summed E-state index contributed by atoms with van der Waals surface area (Å²) in [5.74, 6) is -1.03. The summed E-state index contributed by atoms with van der Waals surface area (Å²) in [5.41, 5.74) is 0.0574. The van der Waals surface area contributed by atoms with Crippen molar-refractivity contribution in [3.05, 3.63) is 59.7 Å². The van der Waals surface area contributed by atoms with Crippen LogP contribution in [0.5, 0.6) is 5.75 Å². The van der Waals surface area contributed by atoms with Gasteiger partial charge in [-0.3, -0.25) is 4.79 Å². The Morgan fingerprint density at radius 2 is 1.69 bits per heavy atom. The van der Waals surface area contributed by atoms with E-state index in [1.807, 2.05) is 32.9 Å². The van der Waals surface area contributed by atoms with Crippen LogP contribution in [0.4, 0.5) is 5.69 Å². The fraction of sp³-hybridized carbons (Fsp3) is 0.417. The molecular formula is C24H31NO4. The maximum Gasteiger partial charge on any atom is 0.339 e. The average Bonchev–Trinajstić information content (AvgIpc) is 2.73. The summed E-state index contributed by atoms with van der Waals surface area (Å²) in [6, 6.07) is 13.7. The van der Waals surface area contributed by atoms with Crippen LogP contribution in [-0.2, 0) is 4.74 Å². The fourth-order valence-corrected chi connectivity index (χ4v) is 3.35. The first-order valence-electron chi connectivity index (χ1n) is 10.3. The number of rotatable bonds is 10. The van der Waals surface area contributed by atoms with Gasteiger partial charge in [0, 0.05) is 24.8 Å². The first-order chi connectivity index (χ1) is 13.9. The number of nitrogens with zero attached hydrogens (tertiary/aromatic N) is 1. The normalized spacial score (nSPS) is 12.8. The number of ketones is 1. The van der Waals surface area contributed by atoms with Crippen LogP contribution in [0.25, 0.3) is 0 Å². The third-order valence-electron chi connectivity index (χ3n) is 5.17. The molecule has 0 heterocycles. The van der Waals surface area contributed by atoms with E-state index in [2.05, 4.69) is 4.90 Å². The van der Waals surface area contributed by atoms with Gasteiger partial charge in [-0.25, -0.2) is 4.79 Å². The number of anilines is 1. The second-order valence-corrected chi connectivity index (χ2v) is 7.29. The zero-order valence-corrected chi connectivity index (χ0v) is 17.8. The van der Waals surface area contributed by atoms with Gasteiger partial charge in [0.1, 0.15) is 5.75 Å². The van der Waals surface area contributed by atoms with Crippen molar-refractivity contribution in [2.75, 3.05) is 18.0 Å². The van der Waals surface area contributed by atoms with E-state index >= 15 is 0 Å². The molecule has 0 radical (unpaired) electrons. The van der Waals surface area contributed by atoms with Gasteiger partial charge in [0.15, 0.2) is 5.60 Å². The lowest BCUT2D eigenvalue weighted by atomic mass is 9.88.